The second-order valence-corrected chi connectivity index (χ2v) is 16.9. The fraction of sp³-hybridized carbons (Fsp3) is 0.279. The number of hydrogen-bond acceptors (Lipinski definition) is 10. The first kappa shape index (κ1) is 45.7. The lowest BCUT2D eigenvalue weighted by atomic mass is 10.1. The minimum Gasteiger partial charge on any atom is -0.478 e. The first-order valence-electron chi connectivity index (χ1n) is 19.3. The maximum Gasteiger partial charge on any atom is 0.410 e. The molecular formula is C43H44Cl4N10O5. The van der Waals surface area contributed by atoms with E-state index in [1.54, 1.807) is 34.1 Å². The van der Waals surface area contributed by atoms with Gasteiger partial charge in [0.05, 0.1) is 22.9 Å². The van der Waals surface area contributed by atoms with E-state index in [2.05, 4.69) is 33.1 Å². The molecular weight excluding hydrogens is 878 g/mol. The number of anilines is 2. The van der Waals surface area contributed by atoms with Crippen LogP contribution in [0.4, 0.5) is 16.4 Å². The number of nitrogens with two attached hydrogens (primary N) is 2. The Morgan fingerprint density at radius 3 is 1.50 bits per heavy atom. The van der Waals surface area contributed by atoms with E-state index in [1.807, 2.05) is 54.2 Å². The zero-order valence-electron chi connectivity index (χ0n) is 34.1. The summed E-state index contributed by atoms with van der Waals surface area (Å²) >= 11 is 25.8. The quantitative estimate of drug-likeness (QED) is 0.134. The van der Waals surface area contributed by atoms with Crippen LogP contribution in [-0.2, 0) is 14.3 Å². The summed E-state index contributed by atoms with van der Waals surface area (Å²) in [6, 6.07) is 14.7. The zero-order chi connectivity index (χ0) is 45.0. The Morgan fingerprint density at radius 2 is 1.11 bits per heavy atom. The summed E-state index contributed by atoms with van der Waals surface area (Å²) in [6.07, 6.45) is 6.19. The van der Waals surface area contributed by atoms with Crippen molar-refractivity contribution in [1.82, 2.24) is 38.9 Å². The fourth-order valence-corrected chi connectivity index (χ4v) is 8.51. The Bertz CT molecular complexity index is 2660. The largest absolute Gasteiger partial charge is 0.478 e. The van der Waals surface area contributed by atoms with E-state index in [0.29, 0.717) is 80.2 Å². The third kappa shape index (κ3) is 9.76. The number of aliphatic carboxylic acids is 1. The molecule has 8 rings (SSSR count). The van der Waals surface area contributed by atoms with Crippen molar-refractivity contribution in [3.8, 4) is 22.3 Å². The normalized spacial score (nSPS) is 16.0. The zero-order valence-corrected chi connectivity index (χ0v) is 37.1. The summed E-state index contributed by atoms with van der Waals surface area (Å²) in [5.74, 6) is -0.350. The molecule has 15 nitrogen and oxygen atoms in total. The van der Waals surface area contributed by atoms with E-state index in [-0.39, 0.29) is 24.1 Å². The van der Waals surface area contributed by atoms with E-state index in [0.717, 1.165) is 41.2 Å². The summed E-state index contributed by atoms with van der Waals surface area (Å²) in [7, 11) is 0. The molecule has 0 bridgehead atoms. The van der Waals surface area contributed by atoms with Crippen LogP contribution in [0.3, 0.4) is 0 Å². The maximum absolute atomic E-state index is 12.5. The minimum absolute atomic E-state index is 0.000694. The molecule has 0 aliphatic carbocycles. The van der Waals surface area contributed by atoms with Gasteiger partial charge >= 0.3 is 12.1 Å². The predicted octanol–water partition coefficient (Wildman–Crippen LogP) is 9.37. The van der Waals surface area contributed by atoms with Crippen LogP contribution in [0.15, 0.2) is 86.5 Å². The van der Waals surface area contributed by atoms with E-state index >= 15 is 0 Å². The van der Waals surface area contributed by atoms with Gasteiger partial charge in [-0.3, -0.25) is 4.79 Å². The first-order valence-corrected chi connectivity index (χ1v) is 20.8. The summed E-state index contributed by atoms with van der Waals surface area (Å²) in [6.45, 7) is 14.3. The van der Waals surface area contributed by atoms with Crippen molar-refractivity contribution >= 4 is 98.1 Å². The number of carboxylic acid groups (broad SMARTS) is 1. The van der Waals surface area contributed by atoms with Crippen LogP contribution in [0.1, 0.15) is 45.7 Å². The van der Waals surface area contributed by atoms with Crippen molar-refractivity contribution in [2.75, 3.05) is 37.6 Å². The van der Waals surface area contributed by atoms with Gasteiger partial charge in [-0.05, 0) is 75.1 Å². The number of hydrogen-bond donors (Lipinski definition) is 3. The van der Waals surface area contributed by atoms with Crippen LogP contribution in [0.2, 0.25) is 20.4 Å². The molecule has 2 aliphatic rings. The van der Waals surface area contributed by atoms with Gasteiger partial charge in [-0.1, -0.05) is 83.8 Å². The molecule has 2 aromatic carbocycles. The second-order valence-electron chi connectivity index (χ2n) is 15.3. The lowest BCUT2D eigenvalue weighted by Gasteiger charge is -2.24. The molecule has 2 aliphatic heterocycles. The number of carboxylic acids is 1. The molecule has 62 heavy (non-hydrogen) atoms. The number of amides is 2. The molecule has 0 unspecified atom stereocenters. The van der Waals surface area contributed by atoms with Crippen molar-refractivity contribution in [3.05, 3.63) is 107 Å². The molecule has 2 saturated heterocycles. The van der Waals surface area contributed by atoms with Gasteiger partial charge in [-0.2, -0.15) is 0 Å². The molecule has 2 fully saturated rings. The SMILES string of the molecule is C=CC(=O)N1CC[C@@H](n2c(Cl)c(-c3ccc(Cl)cc3)c3c(N)ncnc32)C1.C=CC(=O)O.CC(C)(C)OC(=O)N1CC[C@@H](n2c(Cl)c(-c3ccc(Cl)cc3)c3c(N)ncnc32)C1. The highest BCUT2D eigenvalue weighted by Crippen LogP contribution is 2.44. The molecule has 5 N–H and O–H groups in total. The molecule has 6 aromatic rings. The minimum atomic E-state index is -0.981. The van der Waals surface area contributed by atoms with Gasteiger partial charge in [0.25, 0.3) is 0 Å². The highest BCUT2D eigenvalue weighted by molar-refractivity contribution is 6.36. The topological polar surface area (TPSA) is 201 Å². The first-order chi connectivity index (χ1) is 29.4. The number of carbonyl (C=O) groups is 3. The van der Waals surface area contributed by atoms with Crippen molar-refractivity contribution in [2.24, 2.45) is 0 Å². The third-order valence-electron chi connectivity index (χ3n) is 10.1. The summed E-state index contributed by atoms with van der Waals surface area (Å²) in [5, 5.41) is 11.3. The highest BCUT2D eigenvalue weighted by Gasteiger charge is 2.35. The third-order valence-corrected chi connectivity index (χ3v) is 11.4. The Morgan fingerprint density at radius 1 is 0.710 bits per heavy atom. The van der Waals surface area contributed by atoms with Gasteiger partial charge in [0, 0.05) is 53.4 Å². The molecule has 0 radical (unpaired) electrons. The molecule has 2 atom stereocenters. The average Bonchev–Trinajstić information content (AvgIpc) is 4.03. The second kappa shape index (κ2) is 19.0. The van der Waals surface area contributed by atoms with Gasteiger partial charge in [0.1, 0.15) is 51.5 Å². The summed E-state index contributed by atoms with van der Waals surface area (Å²) < 4.78 is 9.42. The number of rotatable bonds is 6. The Hall–Kier alpha value is -5.87. The van der Waals surface area contributed by atoms with Gasteiger partial charge in [0.15, 0.2) is 0 Å². The fourth-order valence-electron chi connectivity index (χ4n) is 7.41. The van der Waals surface area contributed by atoms with E-state index in [4.69, 9.17) is 67.7 Å². The van der Waals surface area contributed by atoms with Gasteiger partial charge in [-0.25, -0.2) is 29.5 Å². The Balaban J connectivity index is 0.000000187. The average molecular weight is 923 g/mol. The highest BCUT2D eigenvalue weighted by atomic mass is 35.5. The molecule has 6 heterocycles. The van der Waals surface area contributed by atoms with Crippen molar-refractivity contribution in [1.29, 1.82) is 0 Å². The Kier molecular flexibility index (Phi) is 14.0. The molecule has 0 spiro atoms. The van der Waals surface area contributed by atoms with Gasteiger partial charge < -0.3 is 40.2 Å². The lowest BCUT2D eigenvalue weighted by Crippen LogP contribution is -2.35. The summed E-state index contributed by atoms with van der Waals surface area (Å²) in [4.78, 5) is 54.4. The Labute approximate surface area is 377 Å². The monoisotopic (exact) mass is 920 g/mol. The van der Waals surface area contributed by atoms with Crippen LogP contribution in [0.25, 0.3) is 44.3 Å². The smallest absolute Gasteiger partial charge is 0.410 e. The molecule has 0 saturated carbocycles. The number of nitrogen functional groups attached to an aromatic ring is 2. The summed E-state index contributed by atoms with van der Waals surface area (Å²) in [5.41, 5.74) is 16.4. The number of halogens is 4. The van der Waals surface area contributed by atoms with Crippen molar-refractivity contribution < 1.29 is 24.2 Å². The number of benzene rings is 2. The van der Waals surface area contributed by atoms with E-state index in [1.165, 1.54) is 18.7 Å². The number of aromatic nitrogens is 6. The van der Waals surface area contributed by atoms with Crippen molar-refractivity contribution in [2.45, 2.75) is 51.3 Å². The molecule has 324 valence electrons. The van der Waals surface area contributed by atoms with Crippen LogP contribution in [-0.4, -0.2) is 93.7 Å². The standard InChI is InChI=1S/C21H23Cl2N5O2.C19H17Cl2N5O.C3H4O2/c1-21(2,3)30-20(29)27-9-8-14(10-27)28-17(23)15(12-4-6-13(22)7-5-12)16-18(24)25-11-26-19(16)28;1-2-14(27)25-8-7-13(9-25)26-17(21)15(11-3-5-12(20)6-4-11)16-18(22)23-10-24-19(16)26;1-2-3(4)5/h4-7,11,14H,8-10H2,1-3H3,(H2,24,25,26);2-6,10,13H,1,7-9H2,(H2,22,23,24);2H,1H2,(H,4,5)/t14-;13-;/m11./s1. The molecule has 4 aromatic heterocycles. The van der Waals surface area contributed by atoms with Crippen LogP contribution in [0, 0.1) is 0 Å². The molecule has 19 heteroatoms. The number of fused-ring (bicyclic) bond motifs is 2. The van der Waals surface area contributed by atoms with E-state index < -0.39 is 11.6 Å². The van der Waals surface area contributed by atoms with Crippen LogP contribution in [0.5, 0.6) is 0 Å². The van der Waals surface area contributed by atoms with Gasteiger partial charge in [0.2, 0.25) is 5.91 Å². The number of nitrogens with zero attached hydrogens (tertiary/aromatic N) is 8. The number of ether oxygens (including phenoxy) is 1. The predicted molar refractivity (Wildman–Crippen MR) is 245 cm³/mol. The maximum atomic E-state index is 12.5. The number of carbonyl (C=O) groups excluding carboxylic acids is 2. The number of likely N-dealkylation sites (tertiary alicyclic amines) is 2. The van der Waals surface area contributed by atoms with Crippen LogP contribution < -0.4 is 11.5 Å². The lowest BCUT2D eigenvalue weighted by molar-refractivity contribution is -0.131. The van der Waals surface area contributed by atoms with Gasteiger partial charge in [-0.15, -0.1) is 0 Å². The van der Waals surface area contributed by atoms with Crippen LogP contribution >= 0.6 is 46.4 Å². The molecule has 2 amide bonds. The van der Waals surface area contributed by atoms with E-state index in [9.17, 15) is 14.4 Å². The van der Waals surface area contributed by atoms with Crippen molar-refractivity contribution in [3.63, 3.8) is 0 Å².